The zero-order valence-corrected chi connectivity index (χ0v) is 13.7. The molecule has 0 atom stereocenters. The molecule has 0 aliphatic heterocycles. The van der Waals surface area contributed by atoms with Crippen LogP contribution in [0.25, 0.3) is 28.7 Å². The molecule has 0 saturated carbocycles. The first-order valence-electron chi connectivity index (χ1n) is 7.73. The maximum absolute atomic E-state index is 5.40. The molecule has 0 radical (unpaired) electrons. The zero-order chi connectivity index (χ0) is 17.2. The van der Waals surface area contributed by atoms with Gasteiger partial charge in [-0.25, -0.2) is 4.68 Å². The first kappa shape index (κ1) is 15.1. The van der Waals surface area contributed by atoms with Crippen LogP contribution in [0.3, 0.4) is 0 Å². The van der Waals surface area contributed by atoms with Gasteiger partial charge in [-0.2, -0.15) is 4.98 Å². The molecule has 7 heteroatoms. The van der Waals surface area contributed by atoms with Crippen molar-refractivity contribution in [2.45, 2.75) is 6.92 Å². The number of ether oxygens (including phenoxy) is 1. The highest BCUT2D eigenvalue weighted by Crippen LogP contribution is 2.30. The molecule has 0 aliphatic carbocycles. The van der Waals surface area contributed by atoms with Gasteiger partial charge in [0.1, 0.15) is 5.75 Å². The van der Waals surface area contributed by atoms with Crippen LogP contribution in [0.15, 0.2) is 59.1 Å². The van der Waals surface area contributed by atoms with E-state index in [2.05, 4.69) is 20.5 Å². The Morgan fingerprint density at radius 2 is 1.76 bits per heavy atom. The number of para-hydroxylation sites is 2. The molecule has 0 N–H and O–H groups in total. The highest BCUT2D eigenvalue weighted by molar-refractivity contribution is 5.64. The summed E-state index contributed by atoms with van der Waals surface area (Å²) in [4.78, 5) is 4.45. The molecule has 7 nitrogen and oxygen atoms in total. The first-order chi connectivity index (χ1) is 12.3. The van der Waals surface area contributed by atoms with E-state index in [-0.39, 0.29) is 0 Å². The Hall–Kier alpha value is -3.48. The van der Waals surface area contributed by atoms with Crippen LogP contribution in [0.5, 0.6) is 5.75 Å². The van der Waals surface area contributed by atoms with Gasteiger partial charge in [0.2, 0.25) is 5.82 Å². The summed E-state index contributed by atoms with van der Waals surface area (Å²) in [5, 5.41) is 12.5. The second kappa shape index (κ2) is 6.20. The summed E-state index contributed by atoms with van der Waals surface area (Å²) in [5.74, 6) is 1.43. The molecule has 25 heavy (non-hydrogen) atoms. The third-order valence-corrected chi connectivity index (χ3v) is 3.87. The maximum Gasteiger partial charge on any atom is 0.262 e. The molecule has 4 aromatic rings. The fraction of sp³-hybridized carbons (Fsp3) is 0.111. The van der Waals surface area contributed by atoms with Crippen molar-refractivity contribution in [3.8, 4) is 34.4 Å². The zero-order valence-electron chi connectivity index (χ0n) is 13.7. The molecule has 0 bridgehead atoms. The molecular weight excluding hydrogens is 318 g/mol. The Labute approximate surface area is 143 Å². The normalized spacial score (nSPS) is 10.8. The lowest BCUT2D eigenvalue weighted by Crippen LogP contribution is -1.98. The Balaban J connectivity index is 1.73. The molecule has 4 rings (SSSR count). The first-order valence-corrected chi connectivity index (χ1v) is 7.73. The number of benzene rings is 2. The van der Waals surface area contributed by atoms with E-state index in [0.29, 0.717) is 23.2 Å². The van der Waals surface area contributed by atoms with Crippen LogP contribution in [0.2, 0.25) is 0 Å². The summed E-state index contributed by atoms with van der Waals surface area (Å²) in [6, 6.07) is 17.3. The predicted octanol–water partition coefficient (Wildman–Crippen LogP) is 3.30. The maximum atomic E-state index is 5.40. The summed E-state index contributed by atoms with van der Waals surface area (Å²) in [7, 11) is 1.60. The van der Waals surface area contributed by atoms with Crippen molar-refractivity contribution < 1.29 is 9.26 Å². The summed E-state index contributed by atoms with van der Waals surface area (Å²) >= 11 is 0. The lowest BCUT2D eigenvalue weighted by molar-refractivity contribution is 0.405. The molecule has 0 saturated heterocycles. The van der Waals surface area contributed by atoms with E-state index in [4.69, 9.17) is 9.26 Å². The molecule has 0 fully saturated rings. The number of aromatic nitrogens is 5. The van der Waals surface area contributed by atoms with E-state index >= 15 is 0 Å². The Morgan fingerprint density at radius 3 is 2.56 bits per heavy atom. The van der Waals surface area contributed by atoms with Crippen molar-refractivity contribution in [1.82, 2.24) is 25.1 Å². The van der Waals surface area contributed by atoms with Crippen molar-refractivity contribution in [2.24, 2.45) is 0 Å². The highest BCUT2D eigenvalue weighted by atomic mass is 16.5. The van der Waals surface area contributed by atoms with E-state index in [9.17, 15) is 0 Å². The number of hydrogen-bond donors (Lipinski definition) is 0. The quantitative estimate of drug-likeness (QED) is 0.570. The summed E-state index contributed by atoms with van der Waals surface area (Å²) in [6.45, 7) is 1.92. The largest absolute Gasteiger partial charge is 0.496 e. The third-order valence-electron chi connectivity index (χ3n) is 3.87. The highest BCUT2D eigenvalue weighted by Gasteiger charge is 2.19. The van der Waals surface area contributed by atoms with Gasteiger partial charge in [0.15, 0.2) is 5.69 Å². The standard InChI is InChI=1S/C18H15N5O2/c1-12-16(20-22-23(12)13-8-4-3-5-9-13)17-19-18(25-21-17)14-10-6-7-11-15(14)24-2/h3-11H,1-2H3. The van der Waals surface area contributed by atoms with Crippen molar-refractivity contribution in [3.05, 3.63) is 60.3 Å². The molecule has 124 valence electrons. The van der Waals surface area contributed by atoms with Crippen LogP contribution in [0.4, 0.5) is 0 Å². The van der Waals surface area contributed by atoms with Gasteiger partial charge in [-0.15, -0.1) is 5.10 Å². The van der Waals surface area contributed by atoms with Gasteiger partial charge in [0.05, 0.1) is 24.1 Å². The molecular formula is C18H15N5O2. The lowest BCUT2D eigenvalue weighted by atomic mass is 10.2. The SMILES string of the molecule is COc1ccccc1-c1nc(-c2nnn(-c3ccccc3)c2C)no1. The smallest absolute Gasteiger partial charge is 0.262 e. The van der Waals surface area contributed by atoms with Gasteiger partial charge < -0.3 is 9.26 Å². The number of methoxy groups -OCH3 is 1. The number of rotatable bonds is 4. The number of nitrogens with zero attached hydrogens (tertiary/aromatic N) is 5. The van der Waals surface area contributed by atoms with E-state index in [1.54, 1.807) is 11.8 Å². The number of hydrogen-bond acceptors (Lipinski definition) is 6. The van der Waals surface area contributed by atoms with Crippen LogP contribution in [0.1, 0.15) is 5.69 Å². The molecule has 0 unspecified atom stereocenters. The van der Waals surface area contributed by atoms with Crippen molar-refractivity contribution in [2.75, 3.05) is 7.11 Å². The van der Waals surface area contributed by atoms with Crippen LogP contribution in [-0.2, 0) is 0 Å². The Morgan fingerprint density at radius 1 is 1.00 bits per heavy atom. The van der Waals surface area contributed by atoms with Crippen molar-refractivity contribution >= 4 is 0 Å². The van der Waals surface area contributed by atoms with Crippen molar-refractivity contribution in [1.29, 1.82) is 0 Å². The van der Waals surface area contributed by atoms with Gasteiger partial charge >= 0.3 is 0 Å². The minimum absolute atomic E-state index is 0.376. The lowest BCUT2D eigenvalue weighted by Gasteiger charge is -2.02. The minimum atomic E-state index is 0.376. The molecule has 2 aromatic heterocycles. The van der Waals surface area contributed by atoms with E-state index in [0.717, 1.165) is 16.9 Å². The summed E-state index contributed by atoms with van der Waals surface area (Å²) < 4.78 is 12.5. The second-order valence-corrected chi connectivity index (χ2v) is 5.39. The fourth-order valence-electron chi connectivity index (χ4n) is 2.60. The van der Waals surface area contributed by atoms with Crippen LogP contribution in [0, 0.1) is 6.92 Å². The Bertz CT molecular complexity index is 1010. The third kappa shape index (κ3) is 2.65. The molecule has 0 spiro atoms. The predicted molar refractivity (Wildman–Crippen MR) is 91.4 cm³/mol. The topological polar surface area (TPSA) is 78.9 Å². The molecule has 0 amide bonds. The molecule has 0 aliphatic rings. The van der Waals surface area contributed by atoms with Gasteiger partial charge in [0.25, 0.3) is 5.89 Å². The minimum Gasteiger partial charge on any atom is -0.496 e. The van der Waals surface area contributed by atoms with Crippen LogP contribution in [-0.4, -0.2) is 32.2 Å². The van der Waals surface area contributed by atoms with Crippen molar-refractivity contribution in [3.63, 3.8) is 0 Å². The van der Waals surface area contributed by atoms with Gasteiger partial charge in [0, 0.05) is 0 Å². The molecule has 2 aromatic carbocycles. The van der Waals surface area contributed by atoms with Crippen LogP contribution < -0.4 is 4.74 Å². The fourth-order valence-corrected chi connectivity index (χ4v) is 2.60. The summed E-state index contributed by atoms with van der Waals surface area (Å²) in [5.41, 5.74) is 3.07. The van der Waals surface area contributed by atoms with E-state index < -0.39 is 0 Å². The Kier molecular flexibility index (Phi) is 3.74. The van der Waals surface area contributed by atoms with Gasteiger partial charge in [-0.1, -0.05) is 40.7 Å². The summed E-state index contributed by atoms with van der Waals surface area (Å²) in [6.07, 6.45) is 0. The average Bonchev–Trinajstić information content (AvgIpc) is 3.29. The van der Waals surface area contributed by atoms with E-state index in [1.165, 1.54) is 0 Å². The monoisotopic (exact) mass is 333 g/mol. The van der Waals surface area contributed by atoms with Gasteiger partial charge in [-0.05, 0) is 31.2 Å². The van der Waals surface area contributed by atoms with E-state index in [1.807, 2.05) is 61.5 Å². The average molecular weight is 333 g/mol. The van der Waals surface area contributed by atoms with Gasteiger partial charge in [-0.3, -0.25) is 0 Å². The molecule has 2 heterocycles. The van der Waals surface area contributed by atoms with Crippen LogP contribution >= 0.6 is 0 Å². The second-order valence-electron chi connectivity index (χ2n) is 5.39.